The molecular weight excluding hydrogens is 431 g/mol. The summed E-state index contributed by atoms with van der Waals surface area (Å²) in [4.78, 5) is 29.6. The number of para-hydroxylation sites is 1. The number of carbonyl (C=O) groups excluding carboxylic acids is 2. The Balaban J connectivity index is 1.26. The average Bonchev–Trinajstić information content (AvgIpc) is 3.35. The number of esters is 1. The topological polar surface area (TPSA) is 59.1 Å². The van der Waals surface area contributed by atoms with Crippen LogP contribution in [0.4, 0.5) is 10.1 Å². The number of benzene rings is 2. The number of hydrogen-bond acceptors (Lipinski definition) is 6. The van der Waals surface area contributed by atoms with E-state index in [1.807, 2.05) is 17.0 Å². The van der Waals surface area contributed by atoms with Gasteiger partial charge in [-0.3, -0.25) is 4.79 Å². The zero-order chi connectivity index (χ0) is 22.3. The third-order valence-electron chi connectivity index (χ3n) is 5.71. The highest BCUT2D eigenvalue weighted by atomic mass is 32.2. The standard InChI is InChI=1S/C24H27FN2O4S/c25-20-8-2-3-9-21(20)26-11-13-27(14-12-26)23(28)16-31-24(29)19-7-1-4-10-22(19)32-17-18-6-5-15-30-18/h1-4,7-10,18H,5-6,11-17H2. The van der Waals surface area contributed by atoms with Crippen LogP contribution in [0.5, 0.6) is 0 Å². The largest absolute Gasteiger partial charge is 0.452 e. The van der Waals surface area contributed by atoms with Crippen LogP contribution in [-0.2, 0) is 14.3 Å². The van der Waals surface area contributed by atoms with Gasteiger partial charge >= 0.3 is 5.97 Å². The van der Waals surface area contributed by atoms with Gasteiger partial charge in [0.05, 0.1) is 17.4 Å². The van der Waals surface area contributed by atoms with Crippen molar-refractivity contribution in [2.45, 2.75) is 23.8 Å². The monoisotopic (exact) mass is 458 g/mol. The summed E-state index contributed by atoms with van der Waals surface area (Å²) in [6.45, 7) is 2.47. The highest BCUT2D eigenvalue weighted by Crippen LogP contribution is 2.27. The van der Waals surface area contributed by atoms with E-state index < -0.39 is 5.97 Å². The van der Waals surface area contributed by atoms with Crippen LogP contribution >= 0.6 is 11.8 Å². The number of anilines is 1. The SMILES string of the molecule is O=C(OCC(=O)N1CCN(c2ccccc2F)CC1)c1ccccc1SCC1CCCO1. The van der Waals surface area contributed by atoms with Crippen molar-refractivity contribution in [1.29, 1.82) is 0 Å². The molecular formula is C24H27FN2O4S. The number of piperazine rings is 1. The minimum Gasteiger partial charge on any atom is -0.452 e. The lowest BCUT2D eigenvalue weighted by Crippen LogP contribution is -2.50. The Hall–Kier alpha value is -2.58. The Morgan fingerprint density at radius 2 is 1.81 bits per heavy atom. The fourth-order valence-electron chi connectivity index (χ4n) is 3.92. The van der Waals surface area contributed by atoms with E-state index >= 15 is 0 Å². The lowest BCUT2D eigenvalue weighted by atomic mass is 10.2. The van der Waals surface area contributed by atoms with Crippen LogP contribution in [0, 0.1) is 5.82 Å². The number of amides is 1. The van der Waals surface area contributed by atoms with E-state index in [9.17, 15) is 14.0 Å². The molecule has 2 fully saturated rings. The van der Waals surface area contributed by atoms with Crippen LogP contribution < -0.4 is 4.90 Å². The van der Waals surface area contributed by atoms with Gasteiger partial charge in [-0.2, -0.15) is 0 Å². The zero-order valence-corrected chi connectivity index (χ0v) is 18.7. The minimum atomic E-state index is -0.501. The number of hydrogen-bond donors (Lipinski definition) is 0. The smallest absolute Gasteiger partial charge is 0.339 e. The molecule has 1 amide bonds. The van der Waals surface area contributed by atoms with Gasteiger partial charge in [0.25, 0.3) is 5.91 Å². The Labute approximate surface area is 191 Å². The van der Waals surface area contributed by atoms with Crippen molar-refractivity contribution < 1.29 is 23.5 Å². The van der Waals surface area contributed by atoms with Gasteiger partial charge in [0, 0.05) is 43.4 Å². The molecule has 2 saturated heterocycles. The van der Waals surface area contributed by atoms with E-state index in [1.54, 1.807) is 47.0 Å². The van der Waals surface area contributed by atoms with Gasteiger partial charge < -0.3 is 19.3 Å². The maximum Gasteiger partial charge on any atom is 0.339 e. The number of ether oxygens (including phenoxy) is 2. The Bertz CT molecular complexity index is 943. The first-order valence-corrected chi connectivity index (χ1v) is 11.9. The number of nitrogens with zero attached hydrogens (tertiary/aromatic N) is 2. The second kappa shape index (κ2) is 10.8. The molecule has 170 valence electrons. The molecule has 0 saturated carbocycles. The number of carbonyl (C=O) groups is 2. The molecule has 6 nitrogen and oxygen atoms in total. The summed E-state index contributed by atoms with van der Waals surface area (Å²) in [5.41, 5.74) is 1.01. The average molecular weight is 459 g/mol. The van der Waals surface area contributed by atoms with Crippen molar-refractivity contribution in [3.63, 3.8) is 0 Å². The molecule has 2 aliphatic rings. The summed E-state index contributed by atoms with van der Waals surface area (Å²) in [5.74, 6) is -0.220. The highest BCUT2D eigenvalue weighted by molar-refractivity contribution is 7.99. The fourth-order valence-corrected chi connectivity index (χ4v) is 5.03. The van der Waals surface area contributed by atoms with Gasteiger partial charge in [0.2, 0.25) is 0 Å². The first-order chi connectivity index (χ1) is 15.6. The molecule has 2 aromatic carbocycles. The fraction of sp³-hybridized carbons (Fsp3) is 0.417. The van der Waals surface area contributed by atoms with Crippen molar-refractivity contribution in [2.24, 2.45) is 0 Å². The second-order valence-electron chi connectivity index (χ2n) is 7.84. The van der Waals surface area contributed by atoms with E-state index in [0.29, 0.717) is 37.4 Å². The van der Waals surface area contributed by atoms with Gasteiger partial charge in [0.1, 0.15) is 5.82 Å². The van der Waals surface area contributed by atoms with E-state index in [1.165, 1.54) is 6.07 Å². The Kier molecular flexibility index (Phi) is 7.65. The first-order valence-electron chi connectivity index (χ1n) is 10.9. The molecule has 1 atom stereocenters. The quantitative estimate of drug-likeness (QED) is 0.467. The van der Waals surface area contributed by atoms with E-state index in [4.69, 9.17) is 9.47 Å². The molecule has 1 unspecified atom stereocenters. The summed E-state index contributed by atoms with van der Waals surface area (Å²) in [6, 6.07) is 13.9. The molecule has 0 N–H and O–H groups in total. The molecule has 2 aromatic rings. The van der Waals surface area contributed by atoms with E-state index in [2.05, 4.69) is 0 Å². The Morgan fingerprint density at radius 1 is 1.06 bits per heavy atom. The molecule has 4 rings (SSSR count). The predicted octanol–water partition coefficient (Wildman–Crippen LogP) is 3.60. The second-order valence-corrected chi connectivity index (χ2v) is 8.90. The minimum absolute atomic E-state index is 0.216. The summed E-state index contributed by atoms with van der Waals surface area (Å²) >= 11 is 1.58. The van der Waals surface area contributed by atoms with Crippen LogP contribution in [0.3, 0.4) is 0 Å². The molecule has 0 aliphatic carbocycles. The lowest BCUT2D eigenvalue weighted by molar-refractivity contribution is -0.134. The van der Waals surface area contributed by atoms with Crippen LogP contribution in [0.25, 0.3) is 0 Å². The molecule has 0 spiro atoms. The van der Waals surface area contributed by atoms with Crippen molar-refractivity contribution in [3.8, 4) is 0 Å². The first kappa shape index (κ1) is 22.6. The molecule has 0 aromatic heterocycles. The van der Waals surface area contributed by atoms with Crippen molar-refractivity contribution in [3.05, 3.63) is 59.9 Å². The van der Waals surface area contributed by atoms with Crippen LogP contribution in [0.15, 0.2) is 53.4 Å². The van der Waals surface area contributed by atoms with Gasteiger partial charge in [-0.15, -0.1) is 11.8 Å². The Morgan fingerprint density at radius 3 is 2.56 bits per heavy atom. The number of rotatable bonds is 7. The number of halogens is 1. The third-order valence-corrected chi connectivity index (χ3v) is 6.91. The summed E-state index contributed by atoms with van der Waals surface area (Å²) in [6.07, 6.45) is 2.33. The maximum atomic E-state index is 14.0. The molecule has 0 bridgehead atoms. The molecule has 32 heavy (non-hydrogen) atoms. The van der Waals surface area contributed by atoms with E-state index in [0.717, 1.165) is 30.1 Å². The predicted molar refractivity (Wildman–Crippen MR) is 122 cm³/mol. The summed E-state index contributed by atoms with van der Waals surface area (Å²) in [5, 5.41) is 0. The summed E-state index contributed by atoms with van der Waals surface area (Å²) in [7, 11) is 0. The molecule has 8 heteroatoms. The van der Waals surface area contributed by atoms with Crippen molar-refractivity contribution >= 4 is 29.3 Å². The van der Waals surface area contributed by atoms with Crippen molar-refractivity contribution in [2.75, 3.05) is 50.0 Å². The molecule has 2 aliphatic heterocycles. The van der Waals surface area contributed by atoms with Gasteiger partial charge in [-0.05, 0) is 37.1 Å². The lowest BCUT2D eigenvalue weighted by Gasteiger charge is -2.36. The molecule has 2 heterocycles. The zero-order valence-electron chi connectivity index (χ0n) is 17.9. The maximum absolute atomic E-state index is 14.0. The summed E-state index contributed by atoms with van der Waals surface area (Å²) < 4.78 is 25.0. The van der Waals surface area contributed by atoms with E-state index in [-0.39, 0.29) is 24.4 Å². The third kappa shape index (κ3) is 5.61. The van der Waals surface area contributed by atoms with Crippen molar-refractivity contribution in [1.82, 2.24) is 4.90 Å². The molecule has 0 radical (unpaired) electrons. The van der Waals surface area contributed by atoms with Crippen LogP contribution in [0.1, 0.15) is 23.2 Å². The van der Waals surface area contributed by atoms with Gasteiger partial charge in [0.15, 0.2) is 6.61 Å². The number of thioether (sulfide) groups is 1. The van der Waals surface area contributed by atoms with Gasteiger partial charge in [-0.1, -0.05) is 24.3 Å². The van der Waals surface area contributed by atoms with Crippen LogP contribution in [-0.4, -0.2) is 68.0 Å². The van der Waals surface area contributed by atoms with Gasteiger partial charge in [-0.25, -0.2) is 9.18 Å². The normalized spacial score (nSPS) is 18.6. The highest BCUT2D eigenvalue weighted by Gasteiger charge is 2.24. The van der Waals surface area contributed by atoms with Crippen LogP contribution in [0.2, 0.25) is 0 Å².